The normalized spacial score (nSPS) is 24.8. The molecule has 2 aliphatic rings. The van der Waals surface area contributed by atoms with E-state index in [1.54, 1.807) is 12.1 Å². The van der Waals surface area contributed by atoms with Crippen molar-refractivity contribution in [3.05, 3.63) is 34.4 Å². The number of benzene rings is 1. The third-order valence-electron chi connectivity index (χ3n) is 6.95. The van der Waals surface area contributed by atoms with Gasteiger partial charge in [0.2, 0.25) is 0 Å². The number of hydrogen-bond acceptors (Lipinski definition) is 4. The average molecular weight is 445 g/mol. The summed E-state index contributed by atoms with van der Waals surface area (Å²) in [7, 11) is 0. The van der Waals surface area contributed by atoms with Gasteiger partial charge in [-0.05, 0) is 110 Å². The van der Waals surface area contributed by atoms with E-state index in [1.165, 1.54) is 0 Å². The minimum absolute atomic E-state index is 0.0386. The molecule has 0 atom stereocenters. The molecule has 3 rings (SSSR count). The maximum Gasteiger partial charge on any atom is 0.336 e. The SMILES string of the molecule is CC1(C)CC(c2ccc(C(=O)O)c(C3CC(C)(C)NC(C)(C)C3)c2C(=O)O)CC(C)(C)N1. The van der Waals surface area contributed by atoms with Crippen molar-refractivity contribution < 1.29 is 19.8 Å². The maximum absolute atomic E-state index is 12.7. The Hall–Kier alpha value is -1.92. The van der Waals surface area contributed by atoms with E-state index in [9.17, 15) is 19.8 Å². The summed E-state index contributed by atoms with van der Waals surface area (Å²) in [6.45, 7) is 17.0. The van der Waals surface area contributed by atoms with E-state index in [2.05, 4.69) is 66.0 Å². The molecular weight excluding hydrogens is 404 g/mol. The Morgan fingerprint density at radius 1 is 0.719 bits per heavy atom. The molecule has 2 saturated heterocycles. The van der Waals surface area contributed by atoms with Crippen molar-refractivity contribution in [1.82, 2.24) is 10.6 Å². The van der Waals surface area contributed by atoms with E-state index in [0.29, 0.717) is 18.4 Å². The monoisotopic (exact) mass is 444 g/mol. The molecule has 32 heavy (non-hydrogen) atoms. The minimum Gasteiger partial charge on any atom is -0.478 e. The highest BCUT2D eigenvalue weighted by molar-refractivity contribution is 5.98. The second kappa shape index (κ2) is 7.84. The van der Waals surface area contributed by atoms with Crippen molar-refractivity contribution in [1.29, 1.82) is 0 Å². The topological polar surface area (TPSA) is 98.7 Å². The van der Waals surface area contributed by atoms with Crippen LogP contribution >= 0.6 is 0 Å². The first-order valence-corrected chi connectivity index (χ1v) is 11.6. The largest absolute Gasteiger partial charge is 0.478 e. The molecule has 2 aliphatic heterocycles. The Labute approximate surface area is 192 Å². The van der Waals surface area contributed by atoms with Gasteiger partial charge in [0.25, 0.3) is 0 Å². The zero-order valence-corrected chi connectivity index (χ0v) is 20.8. The summed E-state index contributed by atoms with van der Waals surface area (Å²) in [6, 6.07) is 3.40. The molecule has 2 fully saturated rings. The number of nitrogens with one attached hydrogen (secondary N) is 2. The second-order valence-corrected chi connectivity index (χ2v) is 12.6. The molecule has 0 amide bonds. The van der Waals surface area contributed by atoms with Gasteiger partial charge in [-0.2, -0.15) is 0 Å². The van der Waals surface area contributed by atoms with Gasteiger partial charge >= 0.3 is 11.9 Å². The van der Waals surface area contributed by atoms with Crippen LogP contribution in [0, 0.1) is 0 Å². The average Bonchev–Trinajstić information content (AvgIpc) is 2.54. The number of carbonyl (C=O) groups is 2. The van der Waals surface area contributed by atoms with Gasteiger partial charge in [0.15, 0.2) is 0 Å². The molecule has 4 N–H and O–H groups in total. The lowest BCUT2D eigenvalue weighted by molar-refractivity contribution is 0.0684. The van der Waals surface area contributed by atoms with Crippen LogP contribution in [0.15, 0.2) is 12.1 Å². The number of hydrogen-bond donors (Lipinski definition) is 4. The summed E-state index contributed by atoms with van der Waals surface area (Å²) in [4.78, 5) is 25.0. The second-order valence-electron chi connectivity index (χ2n) is 12.6. The molecule has 0 aromatic heterocycles. The fourth-order valence-corrected chi connectivity index (χ4v) is 6.89. The Morgan fingerprint density at radius 2 is 1.12 bits per heavy atom. The van der Waals surface area contributed by atoms with E-state index in [4.69, 9.17) is 0 Å². The molecule has 2 heterocycles. The molecule has 6 nitrogen and oxygen atoms in total. The molecule has 178 valence electrons. The van der Waals surface area contributed by atoms with Gasteiger partial charge in [0.05, 0.1) is 11.1 Å². The van der Waals surface area contributed by atoms with Gasteiger partial charge in [-0.1, -0.05) is 6.07 Å². The summed E-state index contributed by atoms with van der Waals surface area (Å²) in [6.07, 6.45) is 2.96. The van der Waals surface area contributed by atoms with Gasteiger partial charge in [-0.25, -0.2) is 9.59 Å². The smallest absolute Gasteiger partial charge is 0.336 e. The highest BCUT2D eigenvalue weighted by Crippen LogP contribution is 2.46. The van der Waals surface area contributed by atoms with Crippen LogP contribution < -0.4 is 10.6 Å². The van der Waals surface area contributed by atoms with Crippen LogP contribution in [-0.2, 0) is 0 Å². The third kappa shape index (κ3) is 5.18. The van der Waals surface area contributed by atoms with Crippen molar-refractivity contribution in [2.75, 3.05) is 0 Å². The molecule has 1 aromatic carbocycles. The van der Waals surface area contributed by atoms with Crippen LogP contribution in [-0.4, -0.2) is 44.3 Å². The fraction of sp³-hybridized carbons (Fsp3) is 0.692. The molecule has 1 aromatic rings. The standard InChI is InChI=1S/C26H40N2O4/c1-23(2)11-15(12-24(3,4)27-23)17-9-10-18(21(29)30)19(20(17)22(31)32)16-13-25(5,6)28-26(7,8)14-16/h9-10,15-16,27-28H,11-14H2,1-8H3,(H,29,30)(H,31,32). The quantitative estimate of drug-likeness (QED) is 0.514. The molecule has 6 heteroatoms. The summed E-state index contributed by atoms with van der Waals surface area (Å²) in [5.41, 5.74) is 0.853. The Balaban J connectivity index is 2.23. The predicted molar refractivity (Wildman–Crippen MR) is 127 cm³/mol. The third-order valence-corrected chi connectivity index (χ3v) is 6.95. The first kappa shape index (κ1) is 24.7. The summed E-state index contributed by atoms with van der Waals surface area (Å²) in [5, 5.41) is 27.7. The maximum atomic E-state index is 12.7. The van der Waals surface area contributed by atoms with Crippen molar-refractivity contribution in [3.63, 3.8) is 0 Å². The number of piperidine rings is 2. The zero-order valence-electron chi connectivity index (χ0n) is 20.8. The van der Waals surface area contributed by atoms with Gasteiger partial charge in [0.1, 0.15) is 0 Å². The predicted octanol–water partition coefficient (Wildman–Crippen LogP) is 5.13. The first-order valence-electron chi connectivity index (χ1n) is 11.6. The highest BCUT2D eigenvalue weighted by Gasteiger charge is 2.43. The Bertz CT molecular complexity index is 898. The van der Waals surface area contributed by atoms with Crippen LogP contribution in [0.3, 0.4) is 0 Å². The van der Waals surface area contributed by atoms with Crippen LogP contribution in [0.25, 0.3) is 0 Å². The molecule has 0 saturated carbocycles. The van der Waals surface area contributed by atoms with Gasteiger partial charge in [-0.15, -0.1) is 0 Å². The zero-order chi connectivity index (χ0) is 24.3. The van der Waals surface area contributed by atoms with Gasteiger partial charge in [-0.3, -0.25) is 0 Å². The number of rotatable bonds is 4. The van der Waals surface area contributed by atoms with E-state index in [1.807, 2.05) is 0 Å². The lowest BCUT2D eigenvalue weighted by Crippen LogP contribution is -2.57. The molecule has 0 spiro atoms. The molecular formula is C26H40N2O4. The molecule has 0 radical (unpaired) electrons. The van der Waals surface area contributed by atoms with Gasteiger partial charge in [0, 0.05) is 22.2 Å². The summed E-state index contributed by atoms with van der Waals surface area (Å²) in [5.74, 6) is -2.20. The van der Waals surface area contributed by atoms with Crippen molar-refractivity contribution in [3.8, 4) is 0 Å². The van der Waals surface area contributed by atoms with Gasteiger partial charge < -0.3 is 20.8 Å². The van der Waals surface area contributed by atoms with E-state index < -0.39 is 11.9 Å². The van der Waals surface area contributed by atoms with E-state index in [0.717, 1.165) is 18.4 Å². The lowest BCUT2D eigenvalue weighted by atomic mass is 9.68. The van der Waals surface area contributed by atoms with Crippen LogP contribution in [0.5, 0.6) is 0 Å². The number of aromatic carboxylic acids is 2. The number of carboxylic acid groups (broad SMARTS) is 2. The number of carboxylic acids is 2. The minimum atomic E-state index is -1.06. The molecule has 0 unspecified atom stereocenters. The van der Waals surface area contributed by atoms with E-state index >= 15 is 0 Å². The Kier molecular flexibility index (Phi) is 6.06. The first-order chi connectivity index (χ1) is 14.4. The van der Waals surface area contributed by atoms with Crippen LogP contribution in [0.2, 0.25) is 0 Å². The highest BCUT2D eigenvalue weighted by atomic mass is 16.4. The summed E-state index contributed by atoms with van der Waals surface area (Å²) >= 11 is 0. The molecule has 0 aliphatic carbocycles. The van der Waals surface area contributed by atoms with Crippen molar-refractivity contribution in [2.45, 2.75) is 115 Å². The van der Waals surface area contributed by atoms with Crippen molar-refractivity contribution >= 4 is 11.9 Å². The molecule has 0 bridgehead atoms. The fourth-order valence-electron chi connectivity index (χ4n) is 6.89. The lowest BCUT2D eigenvalue weighted by Gasteiger charge is -2.48. The van der Waals surface area contributed by atoms with Crippen LogP contribution in [0.1, 0.15) is 125 Å². The van der Waals surface area contributed by atoms with E-state index in [-0.39, 0.29) is 45.1 Å². The Morgan fingerprint density at radius 3 is 1.50 bits per heavy atom. The van der Waals surface area contributed by atoms with Crippen molar-refractivity contribution in [2.24, 2.45) is 0 Å². The van der Waals surface area contributed by atoms with Crippen LogP contribution in [0.4, 0.5) is 0 Å². The summed E-state index contributed by atoms with van der Waals surface area (Å²) < 4.78 is 0.